The van der Waals surface area contributed by atoms with Gasteiger partial charge in [0.05, 0.1) is 5.69 Å². The maximum absolute atomic E-state index is 6.19. The van der Waals surface area contributed by atoms with E-state index in [0.29, 0.717) is 0 Å². The topological polar surface area (TPSA) is 25.8 Å². The number of aromatic nitrogens is 2. The molecule has 0 unspecified atom stereocenters. The van der Waals surface area contributed by atoms with Crippen LogP contribution >= 0.6 is 35.1 Å². The van der Waals surface area contributed by atoms with E-state index >= 15 is 0 Å². The molecule has 0 saturated heterocycles. The lowest BCUT2D eigenvalue weighted by molar-refractivity contribution is 1.06. The van der Waals surface area contributed by atoms with Crippen molar-refractivity contribution in [3.05, 3.63) is 59.9 Å². The maximum Gasteiger partial charge on any atom is 0.224 e. The fourth-order valence-electron chi connectivity index (χ4n) is 2.46. The zero-order valence-corrected chi connectivity index (χ0v) is 15.2. The zero-order chi connectivity index (χ0) is 16.2. The average Bonchev–Trinajstić information content (AvgIpc) is 2.61. The molecule has 0 aliphatic heterocycles. The predicted octanol–water partition coefficient (Wildman–Crippen LogP) is 5.91. The van der Waals surface area contributed by atoms with Crippen LogP contribution < -0.4 is 0 Å². The van der Waals surface area contributed by atoms with Crippen molar-refractivity contribution in [2.24, 2.45) is 0 Å². The van der Waals surface area contributed by atoms with Gasteiger partial charge in [0.2, 0.25) is 5.28 Å². The summed E-state index contributed by atoms with van der Waals surface area (Å²) in [5.74, 6) is 0. The molecule has 0 amide bonds. The van der Waals surface area contributed by atoms with Crippen LogP contribution in [0, 0.1) is 0 Å². The first kappa shape index (κ1) is 16.4. The Kier molecular flexibility index (Phi) is 5.26. The molecule has 1 heterocycles. The largest absolute Gasteiger partial charge is 0.224 e. The van der Waals surface area contributed by atoms with Crippen LogP contribution in [0.15, 0.2) is 64.5 Å². The molecule has 116 valence electrons. The van der Waals surface area contributed by atoms with Crippen molar-refractivity contribution in [3.63, 3.8) is 0 Å². The van der Waals surface area contributed by atoms with Crippen LogP contribution in [-0.2, 0) is 0 Å². The molecule has 0 bridgehead atoms. The van der Waals surface area contributed by atoms with Gasteiger partial charge >= 0.3 is 0 Å². The summed E-state index contributed by atoms with van der Waals surface area (Å²) >= 11 is 9.48. The van der Waals surface area contributed by atoms with E-state index in [1.807, 2.05) is 36.6 Å². The molecule has 0 fully saturated rings. The summed E-state index contributed by atoms with van der Waals surface area (Å²) in [7, 11) is 0. The highest BCUT2D eigenvalue weighted by atomic mass is 35.5. The summed E-state index contributed by atoms with van der Waals surface area (Å²) in [5.41, 5.74) is 4.09. The van der Waals surface area contributed by atoms with E-state index in [-0.39, 0.29) is 5.28 Å². The molecule has 5 heteroatoms. The number of hydrogen-bond donors (Lipinski definition) is 0. The smallest absolute Gasteiger partial charge is 0.217 e. The Morgan fingerprint density at radius 3 is 2.22 bits per heavy atom. The highest BCUT2D eigenvalue weighted by Crippen LogP contribution is 2.40. The van der Waals surface area contributed by atoms with Gasteiger partial charge in [0.15, 0.2) is 0 Å². The van der Waals surface area contributed by atoms with E-state index < -0.39 is 0 Å². The van der Waals surface area contributed by atoms with Gasteiger partial charge < -0.3 is 0 Å². The second-order valence-electron chi connectivity index (χ2n) is 4.79. The third kappa shape index (κ3) is 3.39. The third-order valence-corrected chi connectivity index (χ3v) is 5.11. The Morgan fingerprint density at radius 2 is 1.52 bits per heavy atom. The lowest BCUT2D eigenvalue weighted by Gasteiger charge is -2.15. The molecule has 2 aromatic carbocycles. The third-order valence-electron chi connectivity index (χ3n) is 3.47. The van der Waals surface area contributed by atoms with Crippen molar-refractivity contribution >= 4 is 35.1 Å². The lowest BCUT2D eigenvalue weighted by atomic mass is 10.0. The van der Waals surface area contributed by atoms with Crippen molar-refractivity contribution in [3.8, 4) is 22.4 Å². The summed E-state index contributed by atoms with van der Waals surface area (Å²) < 4.78 is 0. The Labute approximate surface area is 149 Å². The fraction of sp³-hybridized carbons (Fsp3) is 0.111. The van der Waals surface area contributed by atoms with E-state index in [1.54, 1.807) is 23.5 Å². The molecule has 0 spiro atoms. The van der Waals surface area contributed by atoms with Gasteiger partial charge in [-0.1, -0.05) is 48.5 Å². The standard InChI is InChI=1S/C18H15ClN2S2/c1-22-14-11-7-6-10-13(14)16-15(12-8-4-3-5-9-12)17(23-2)21-18(19)20-16/h3-11H,1-2H3. The van der Waals surface area contributed by atoms with Crippen molar-refractivity contribution in [1.82, 2.24) is 9.97 Å². The summed E-state index contributed by atoms with van der Waals surface area (Å²) in [6, 6.07) is 18.5. The van der Waals surface area contributed by atoms with Crippen LogP contribution in [0.3, 0.4) is 0 Å². The molecule has 2 nitrogen and oxygen atoms in total. The van der Waals surface area contributed by atoms with Crippen LogP contribution in [-0.4, -0.2) is 22.5 Å². The van der Waals surface area contributed by atoms with Crippen molar-refractivity contribution in [1.29, 1.82) is 0 Å². The molecule has 0 radical (unpaired) electrons. The van der Waals surface area contributed by atoms with Crippen molar-refractivity contribution in [2.75, 3.05) is 12.5 Å². The number of hydrogen-bond acceptors (Lipinski definition) is 4. The molecule has 23 heavy (non-hydrogen) atoms. The highest BCUT2D eigenvalue weighted by Gasteiger charge is 2.18. The minimum Gasteiger partial charge on any atom is -0.217 e. The number of rotatable bonds is 4. The number of thioether (sulfide) groups is 2. The second kappa shape index (κ2) is 7.39. The predicted molar refractivity (Wildman–Crippen MR) is 101 cm³/mol. The Balaban J connectivity index is 2.34. The van der Waals surface area contributed by atoms with E-state index in [4.69, 9.17) is 11.6 Å². The molecule has 0 N–H and O–H groups in total. The summed E-state index contributed by atoms with van der Waals surface area (Å²) in [6.07, 6.45) is 4.08. The highest BCUT2D eigenvalue weighted by molar-refractivity contribution is 7.99. The van der Waals surface area contributed by atoms with Gasteiger partial charge in [-0.05, 0) is 35.7 Å². The molecular weight excluding hydrogens is 344 g/mol. The Morgan fingerprint density at radius 1 is 0.826 bits per heavy atom. The number of nitrogens with zero attached hydrogens (tertiary/aromatic N) is 2. The Hall–Kier alpha value is -1.49. The van der Waals surface area contributed by atoms with Gasteiger partial charge in [-0.2, -0.15) is 0 Å². The van der Waals surface area contributed by atoms with E-state index in [2.05, 4.69) is 40.5 Å². The van der Waals surface area contributed by atoms with Gasteiger partial charge in [0.25, 0.3) is 0 Å². The van der Waals surface area contributed by atoms with E-state index in [0.717, 1.165) is 27.4 Å². The quantitative estimate of drug-likeness (QED) is 0.329. The normalized spacial score (nSPS) is 10.7. The van der Waals surface area contributed by atoms with Gasteiger partial charge in [-0.3, -0.25) is 0 Å². The van der Waals surface area contributed by atoms with Crippen LogP contribution in [0.1, 0.15) is 0 Å². The monoisotopic (exact) mass is 358 g/mol. The number of halogens is 1. The Bertz CT molecular complexity index is 823. The van der Waals surface area contributed by atoms with Crippen LogP contribution in [0.4, 0.5) is 0 Å². The van der Waals surface area contributed by atoms with Crippen LogP contribution in [0.25, 0.3) is 22.4 Å². The zero-order valence-electron chi connectivity index (χ0n) is 12.8. The molecule has 0 atom stereocenters. The van der Waals surface area contributed by atoms with Crippen LogP contribution in [0.5, 0.6) is 0 Å². The first-order valence-electron chi connectivity index (χ1n) is 7.05. The van der Waals surface area contributed by atoms with Crippen LogP contribution in [0.2, 0.25) is 5.28 Å². The molecule has 0 saturated carbocycles. The van der Waals surface area contributed by atoms with Gasteiger partial charge in [0, 0.05) is 16.0 Å². The summed E-state index contributed by atoms with van der Waals surface area (Å²) in [6.45, 7) is 0. The molecule has 3 rings (SSSR count). The van der Waals surface area contributed by atoms with Gasteiger partial charge in [-0.15, -0.1) is 23.5 Å². The first-order valence-corrected chi connectivity index (χ1v) is 9.87. The second-order valence-corrected chi connectivity index (χ2v) is 6.77. The summed E-state index contributed by atoms with van der Waals surface area (Å²) in [5, 5.41) is 1.17. The van der Waals surface area contributed by atoms with Gasteiger partial charge in [0.1, 0.15) is 5.03 Å². The first-order chi connectivity index (χ1) is 11.2. The molecule has 0 aliphatic rings. The van der Waals surface area contributed by atoms with E-state index in [1.165, 1.54) is 4.90 Å². The van der Waals surface area contributed by atoms with Gasteiger partial charge in [-0.25, -0.2) is 9.97 Å². The van der Waals surface area contributed by atoms with Crippen molar-refractivity contribution < 1.29 is 0 Å². The fourth-order valence-corrected chi connectivity index (χ4v) is 3.88. The lowest BCUT2D eigenvalue weighted by Crippen LogP contribution is -1.97. The average molecular weight is 359 g/mol. The SMILES string of the molecule is CSc1ccccc1-c1nc(Cl)nc(SC)c1-c1ccccc1. The summed E-state index contributed by atoms with van der Waals surface area (Å²) in [4.78, 5) is 10.2. The maximum atomic E-state index is 6.19. The minimum atomic E-state index is 0.278. The molecule has 1 aromatic heterocycles. The molecular formula is C18H15ClN2S2. The molecule has 0 aliphatic carbocycles. The molecule has 3 aromatic rings. The van der Waals surface area contributed by atoms with Crippen molar-refractivity contribution in [2.45, 2.75) is 9.92 Å². The van der Waals surface area contributed by atoms with E-state index in [9.17, 15) is 0 Å². The number of benzene rings is 2. The minimum absolute atomic E-state index is 0.278.